The van der Waals surface area contributed by atoms with E-state index in [1.807, 2.05) is 13.8 Å². The number of carbonyl (C=O) groups excluding carboxylic acids is 3. The van der Waals surface area contributed by atoms with Crippen LogP contribution < -0.4 is 0 Å². The van der Waals surface area contributed by atoms with Gasteiger partial charge in [-0.15, -0.1) is 0 Å². The molecule has 1 N–H and O–H groups in total. The Balaban J connectivity index is 1.57. The number of hydrogen-bond donors (Lipinski definition) is 1. The molecule has 1 aromatic rings. The fourth-order valence-corrected chi connectivity index (χ4v) is 8.58. The number of Topliss-reactive ketones (excluding diaryl/α,β-unsaturated/α-hetero) is 2. The number of hydrogen-bond acceptors (Lipinski definition) is 4. The summed E-state index contributed by atoms with van der Waals surface area (Å²) in [5.41, 5.74) is -2.15. The first-order valence-electron chi connectivity index (χ1n) is 12.3. The molecular formula is C28H32ClFO4. The average Bonchev–Trinajstić information content (AvgIpc) is 3.08. The van der Waals surface area contributed by atoms with Gasteiger partial charge in [-0.05, 0) is 80.7 Å². The van der Waals surface area contributed by atoms with Gasteiger partial charge in [-0.25, -0.2) is 4.39 Å². The van der Waals surface area contributed by atoms with E-state index in [0.29, 0.717) is 36.3 Å². The highest BCUT2D eigenvalue weighted by atomic mass is 35.5. The van der Waals surface area contributed by atoms with Gasteiger partial charge in [-0.1, -0.05) is 31.0 Å². The van der Waals surface area contributed by atoms with Crippen LogP contribution >= 0.6 is 11.6 Å². The number of alkyl halides is 1. The second kappa shape index (κ2) is 7.83. The van der Waals surface area contributed by atoms with Crippen molar-refractivity contribution in [1.29, 1.82) is 0 Å². The van der Waals surface area contributed by atoms with Crippen LogP contribution in [0.2, 0.25) is 5.02 Å². The van der Waals surface area contributed by atoms with Crippen molar-refractivity contribution in [2.75, 3.05) is 0 Å². The summed E-state index contributed by atoms with van der Waals surface area (Å²) in [5.74, 6) is -1.97. The number of aliphatic hydroxyl groups excluding tert-OH is 1. The monoisotopic (exact) mass is 486 g/mol. The maximum atomic E-state index is 17.3. The van der Waals surface area contributed by atoms with E-state index in [-0.39, 0.29) is 36.1 Å². The first-order valence-corrected chi connectivity index (χ1v) is 12.7. The van der Waals surface area contributed by atoms with Crippen molar-refractivity contribution in [2.45, 2.75) is 71.1 Å². The maximum Gasteiger partial charge on any atom is 0.166 e. The zero-order valence-electron chi connectivity index (χ0n) is 19.9. The van der Waals surface area contributed by atoms with Gasteiger partial charge in [-0.2, -0.15) is 0 Å². The molecule has 8 atom stereocenters. The van der Waals surface area contributed by atoms with Crippen LogP contribution in [0.1, 0.15) is 69.7 Å². The third kappa shape index (κ3) is 3.08. The quantitative estimate of drug-likeness (QED) is 0.568. The molecule has 0 aromatic heterocycles. The standard InChI is InChI=1S/C28H32ClFO4/c1-15(31)24-20(25(34)16-4-7-18(29)8-5-16)13-22-21-9-6-17-12-19(32)10-11-27(17,3)28(21,30)23(33)14-26(22,24)2/h4-5,7-8,12,20-24,33H,6,9-11,13-14H2,1-3H3/t20-,21+,22+,23+,24+,26+,27+,28+/m1/s1. The number of allylic oxidation sites excluding steroid dienone is 1. The van der Waals surface area contributed by atoms with E-state index >= 15 is 4.39 Å². The Kier molecular flexibility index (Phi) is 5.49. The Morgan fingerprint density at radius 2 is 1.79 bits per heavy atom. The molecule has 0 saturated heterocycles. The summed E-state index contributed by atoms with van der Waals surface area (Å²) >= 11 is 6.00. The second-order valence-corrected chi connectivity index (χ2v) is 12.0. The van der Waals surface area contributed by atoms with Crippen LogP contribution in [0.15, 0.2) is 35.9 Å². The zero-order valence-corrected chi connectivity index (χ0v) is 20.7. The molecule has 0 unspecified atom stereocenters. The van der Waals surface area contributed by atoms with Crippen LogP contribution in [0.3, 0.4) is 0 Å². The predicted molar refractivity (Wildman–Crippen MR) is 127 cm³/mol. The average molecular weight is 487 g/mol. The van der Waals surface area contributed by atoms with Crippen LogP contribution in [0.4, 0.5) is 4.39 Å². The maximum absolute atomic E-state index is 17.3. The number of aliphatic hydroxyl groups is 1. The highest BCUT2D eigenvalue weighted by molar-refractivity contribution is 6.30. The van der Waals surface area contributed by atoms with E-state index in [2.05, 4.69) is 0 Å². The molecule has 0 spiro atoms. The number of benzene rings is 1. The number of carbonyl (C=O) groups is 3. The minimum Gasteiger partial charge on any atom is -0.390 e. The molecule has 0 radical (unpaired) electrons. The molecule has 3 fully saturated rings. The van der Waals surface area contributed by atoms with E-state index < -0.39 is 40.4 Å². The number of halogens is 2. The summed E-state index contributed by atoms with van der Waals surface area (Å²) in [6, 6.07) is 6.69. The van der Waals surface area contributed by atoms with Crippen molar-refractivity contribution in [1.82, 2.24) is 0 Å². The van der Waals surface area contributed by atoms with E-state index in [1.54, 1.807) is 30.3 Å². The lowest BCUT2D eigenvalue weighted by atomic mass is 9.44. The molecular weight excluding hydrogens is 455 g/mol. The molecule has 0 bridgehead atoms. The lowest BCUT2D eigenvalue weighted by Gasteiger charge is -2.62. The van der Waals surface area contributed by atoms with Crippen molar-refractivity contribution in [2.24, 2.45) is 34.5 Å². The Hall–Kier alpha value is -1.85. The Morgan fingerprint density at radius 1 is 1.12 bits per heavy atom. The molecule has 4 aliphatic rings. The molecule has 5 rings (SSSR count). The van der Waals surface area contributed by atoms with Crippen molar-refractivity contribution in [3.63, 3.8) is 0 Å². The van der Waals surface area contributed by atoms with Gasteiger partial charge < -0.3 is 5.11 Å². The van der Waals surface area contributed by atoms with Crippen LogP contribution in [-0.2, 0) is 9.59 Å². The fraction of sp³-hybridized carbons (Fsp3) is 0.607. The van der Waals surface area contributed by atoms with Crippen molar-refractivity contribution >= 4 is 29.0 Å². The van der Waals surface area contributed by atoms with Gasteiger partial charge in [0, 0.05) is 40.2 Å². The molecule has 182 valence electrons. The predicted octanol–water partition coefficient (Wildman–Crippen LogP) is 5.55. The minimum atomic E-state index is -1.89. The van der Waals surface area contributed by atoms with Crippen molar-refractivity contribution in [3.8, 4) is 0 Å². The summed E-state index contributed by atoms with van der Waals surface area (Å²) in [6.45, 7) is 5.34. The van der Waals surface area contributed by atoms with Gasteiger partial charge in [0.2, 0.25) is 0 Å². The number of fused-ring (bicyclic) bond motifs is 5. The molecule has 1 aromatic carbocycles. The fourth-order valence-electron chi connectivity index (χ4n) is 8.46. The Labute approximate surface area is 204 Å². The van der Waals surface area contributed by atoms with Gasteiger partial charge in [0.05, 0.1) is 6.10 Å². The minimum absolute atomic E-state index is 0.0239. The molecule has 0 aliphatic heterocycles. The molecule has 3 saturated carbocycles. The lowest BCUT2D eigenvalue weighted by Crippen LogP contribution is -2.67. The lowest BCUT2D eigenvalue weighted by molar-refractivity contribution is -0.208. The summed E-state index contributed by atoms with van der Waals surface area (Å²) < 4.78 is 17.3. The highest BCUT2D eigenvalue weighted by Gasteiger charge is 2.72. The van der Waals surface area contributed by atoms with Gasteiger partial charge >= 0.3 is 0 Å². The first-order chi connectivity index (χ1) is 15.9. The van der Waals surface area contributed by atoms with Crippen LogP contribution in [0, 0.1) is 34.5 Å². The SMILES string of the molecule is CC(=O)[C@H]1[C@H](C(=O)c2ccc(Cl)cc2)C[C@H]2[C@@H]3CCC4=CC(=O)CC[C@]4(C)[C@@]3(F)[C@@H](O)C[C@@]21C. The van der Waals surface area contributed by atoms with Gasteiger partial charge in [0.25, 0.3) is 0 Å². The van der Waals surface area contributed by atoms with Crippen LogP contribution in [-0.4, -0.2) is 34.2 Å². The van der Waals surface area contributed by atoms with Gasteiger partial charge in [0.1, 0.15) is 11.5 Å². The topological polar surface area (TPSA) is 71.4 Å². The molecule has 34 heavy (non-hydrogen) atoms. The summed E-state index contributed by atoms with van der Waals surface area (Å²) in [5, 5.41) is 11.9. The highest BCUT2D eigenvalue weighted by Crippen LogP contribution is 2.70. The third-order valence-corrected chi connectivity index (χ3v) is 10.3. The third-order valence-electron chi connectivity index (χ3n) is 10.0. The van der Waals surface area contributed by atoms with Crippen molar-refractivity contribution in [3.05, 3.63) is 46.5 Å². The summed E-state index contributed by atoms with van der Waals surface area (Å²) in [7, 11) is 0. The summed E-state index contributed by atoms with van der Waals surface area (Å²) in [4.78, 5) is 38.7. The van der Waals surface area contributed by atoms with Crippen LogP contribution in [0.25, 0.3) is 0 Å². The molecule has 6 heteroatoms. The second-order valence-electron chi connectivity index (χ2n) is 11.5. The molecule has 4 aliphatic carbocycles. The van der Waals surface area contributed by atoms with Crippen molar-refractivity contribution < 1.29 is 23.9 Å². The largest absolute Gasteiger partial charge is 0.390 e. The van der Waals surface area contributed by atoms with E-state index in [0.717, 1.165) is 5.57 Å². The van der Waals surface area contributed by atoms with Gasteiger partial charge in [0.15, 0.2) is 11.6 Å². The van der Waals surface area contributed by atoms with Crippen LogP contribution in [0.5, 0.6) is 0 Å². The Morgan fingerprint density at radius 3 is 2.44 bits per heavy atom. The number of ketones is 3. The summed E-state index contributed by atoms with van der Waals surface area (Å²) in [6.07, 6.45) is 2.69. The Bertz CT molecular complexity index is 1100. The van der Waals surface area contributed by atoms with E-state index in [9.17, 15) is 19.5 Å². The molecule has 4 nitrogen and oxygen atoms in total. The molecule has 0 heterocycles. The first kappa shape index (κ1) is 23.9. The van der Waals surface area contributed by atoms with E-state index in [4.69, 9.17) is 11.6 Å². The smallest absolute Gasteiger partial charge is 0.166 e. The number of rotatable bonds is 3. The zero-order chi connectivity index (χ0) is 24.6. The molecule has 0 amide bonds. The van der Waals surface area contributed by atoms with E-state index in [1.165, 1.54) is 6.92 Å². The van der Waals surface area contributed by atoms with Gasteiger partial charge in [-0.3, -0.25) is 14.4 Å². The normalized spacial score (nSPS) is 43.4.